The molecule has 0 aliphatic heterocycles. The number of nitrogens with one attached hydrogen (secondary N) is 1. The highest BCUT2D eigenvalue weighted by Crippen LogP contribution is 2.22. The molecule has 0 fully saturated rings. The van der Waals surface area contributed by atoms with E-state index >= 15 is 0 Å². The molecule has 0 unspecified atom stereocenters. The molecule has 2 heterocycles. The summed E-state index contributed by atoms with van der Waals surface area (Å²) in [6.07, 6.45) is 0. The zero-order chi connectivity index (χ0) is 13.2. The predicted octanol–water partition coefficient (Wildman–Crippen LogP) is 3.69. The summed E-state index contributed by atoms with van der Waals surface area (Å²) in [5.74, 6) is 1.06. The van der Waals surface area contributed by atoms with Crippen molar-refractivity contribution < 1.29 is 0 Å². The Bertz CT molecular complexity index is 702. The van der Waals surface area contributed by atoms with Crippen molar-refractivity contribution in [2.45, 2.75) is 13.1 Å². The Labute approximate surface area is 124 Å². The molecular weight excluding hydrogens is 322 g/mol. The minimum absolute atomic E-state index is 0.773. The van der Waals surface area contributed by atoms with Crippen LogP contribution in [0.15, 0.2) is 40.2 Å². The second kappa shape index (κ2) is 5.45. The fraction of sp³-hybridized carbons (Fsp3) is 0.214. The number of imidazole rings is 1. The van der Waals surface area contributed by atoms with Crippen molar-refractivity contribution in [1.82, 2.24) is 14.9 Å². The Morgan fingerprint density at radius 2 is 2.11 bits per heavy atom. The number of para-hydroxylation sites is 2. The largest absolute Gasteiger partial charge is 0.330 e. The molecule has 0 aliphatic carbocycles. The van der Waals surface area contributed by atoms with Gasteiger partial charge in [-0.15, -0.1) is 11.3 Å². The molecule has 0 radical (unpaired) electrons. The Kier molecular flexibility index (Phi) is 3.68. The summed E-state index contributed by atoms with van der Waals surface area (Å²) >= 11 is 5.30. The van der Waals surface area contributed by atoms with Crippen molar-refractivity contribution in [3.8, 4) is 0 Å². The first kappa shape index (κ1) is 12.8. The van der Waals surface area contributed by atoms with Gasteiger partial charge in [0.05, 0.1) is 17.6 Å². The summed E-state index contributed by atoms with van der Waals surface area (Å²) in [6, 6.07) is 10.3. The van der Waals surface area contributed by atoms with Crippen LogP contribution in [-0.4, -0.2) is 9.55 Å². The number of thiophene rings is 1. The van der Waals surface area contributed by atoms with Gasteiger partial charge in [0.15, 0.2) is 0 Å². The van der Waals surface area contributed by atoms with E-state index in [1.807, 2.05) is 12.1 Å². The summed E-state index contributed by atoms with van der Waals surface area (Å²) in [5.41, 5.74) is 2.23. The van der Waals surface area contributed by atoms with Crippen molar-refractivity contribution in [3.05, 3.63) is 50.9 Å². The second-order valence-corrected chi connectivity index (χ2v) is 6.23. The normalized spacial score (nSPS) is 11.3. The van der Waals surface area contributed by atoms with Crippen LogP contribution < -0.4 is 5.32 Å². The number of halogens is 1. The molecule has 2 aromatic heterocycles. The smallest absolute Gasteiger partial charge is 0.123 e. The number of nitrogens with zero attached hydrogens (tertiary/aromatic N) is 2. The molecule has 1 N–H and O–H groups in total. The SMILES string of the molecule is Cn1c(CNCc2sccc2Br)nc2ccccc21. The van der Waals surface area contributed by atoms with Crippen LogP contribution in [0.25, 0.3) is 11.0 Å². The van der Waals surface area contributed by atoms with Gasteiger partial charge in [0.1, 0.15) is 5.82 Å². The number of hydrogen-bond acceptors (Lipinski definition) is 3. The standard InChI is InChI=1S/C14H14BrN3S/c1-18-12-5-3-2-4-11(12)17-14(18)9-16-8-13-10(15)6-7-19-13/h2-7,16H,8-9H2,1H3. The molecule has 0 amide bonds. The molecule has 3 aromatic rings. The Balaban J connectivity index is 1.72. The minimum Gasteiger partial charge on any atom is -0.330 e. The van der Waals surface area contributed by atoms with E-state index < -0.39 is 0 Å². The molecule has 5 heteroatoms. The summed E-state index contributed by atoms with van der Waals surface area (Å²) in [6.45, 7) is 1.64. The molecule has 0 saturated heterocycles. The Morgan fingerprint density at radius 3 is 2.84 bits per heavy atom. The van der Waals surface area contributed by atoms with Gasteiger partial charge in [0, 0.05) is 22.9 Å². The van der Waals surface area contributed by atoms with Crippen molar-refractivity contribution >= 4 is 38.3 Å². The molecule has 0 atom stereocenters. The molecule has 98 valence electrons. The quantitative estimate of drug-likeness (QED) is 0.788. The maximum atomic E-state index is 4.65. The Hall–Kier alpha value is -1.17. The topological polar surface area (TPSA) is 29.9 Å². The Morgan fingerprint density at radius 1 is 1.26 bits per heavy atom. The average molecular weight is 336 g/mol. The second-order valence-electron chi connectivity index (χ2n) is 4.37. The highest BCUT2D eigenvalue weighted by atomic mass is 79.9. The minimum atomic E-state index is 0.773. The molecule has 19 heavy (non-hydrogen) atoms. The molecule has 3 nitrogen and oxygen atoms in total. The van der Waals surface area contributed by atoms with Crippen molar-refractivity contribution in [1.29, 1.82) is 0 Å². The highest BCUT2D eigenvalue weighted by Gasteiger charge is 2.07. The molecular formula is C14H14BrN3S. The lowest BCUT2D eigenvalue weighted by Gasteiger charge is -2.04. The van der Waals surface area contributed by atoms with Crippen LogP contribution >= 0.6 is 27.3 Å². The fourth-order valence-electron chi connectivity index (χ4n) is 2.09. The van der Waals surface area contributed by atoms with E-state index in [1.165, 1.54) is 14.9 Å². The number of aromatic nitrogens is 2. The van der Waals surface area contributed by atoms with Gasteiger partial charge in [-0.3, -0.25) is 0 Å². The van der Waals surface area contributed by atoms with Gasteiger partial charge in [-0.05, 0) is 39.5 Å². The summed E-state index contributed by atoms with van der Waals surface area (Å²) in [5, 5.41) is 5.54. The summed E-state index contributed by atoms with van der Waals surface area (Å²) in [4.78, 5) is 5.96. The van der Waals surface area contributed by atoms with Crippen molar-refractivity contribution in [2.24, 2.45) is 7.05 Å². The van der Waals surface area contributed by atoms with E-state index in [2.05, 4.69) is 61.4 Å². The van der Waals surface area contributed by atoms with Gasteiger partial charge >= 0.3 is 0 Å². The third-order valence-electron chi connectivity index (χ3n) is 3.14. The zero-order valence-electron chi connectivity index (χ0n) is 10.6. The van der Waals surface area contributed by atoms with E-state index in [1.54, 1.807) is 11.3 Å². The fourth-order valence-corrected chi connectivity index (χ4v) is 3.55. The number of rotatable bonds is 4. The van der Waals surface area contributed by atoms with Crippen LogP contribution in [-0.2, 0) is 20.1 Å². The van der Waals surface area contributed by atoms with Gasteiger partial charge in [-0.2, -0.15) is 0 Å². The van der Waals surface area contributed by atoms with Gasteiger partial charge in [0.25, 0.3) is 0 Å². The van der Waals surface area contributed by atoms with Crippen LogP contribution in [0.1, 0.15) is 10.7 Å². The van der Waals surface area contributed by atoms with Crippen LogP contribution in [0.2, 0.25) is 0 Å². The van der Waals surface area contributed by atoms with E-state index in [9.17, 15) is 0 Å². The third-order valence-corrected chi connectivity index (χ3v) is 5.07. The predicted molar refractivity (Wildman–Crippen MR) is 83.3 cm³/mol. The molecule has 0 aliphatic rings. The van der Waals surface area contributed by atoms with E-state index in [-0.39, 0.29) is 0 Å². The molecule has 0 saturated carbocycles. The lowest BCUT2D eigenvalue weighted by Crippen LogP contribution is -2.15. The first-order valence-corrected chi connectivity index (χ1v) is 7.76. The highest BCUT2D eigenvalue weighted by molar-refractivity contribution is 9.10. The number of fused-ring (bicyclic) bond motifs is 1. The summed E-state index contributed by atoms with van der Waals surface area (Å²) < 4.78 is 3.32. The van der Waals surface area contributed by atoms with Crippen molar-refractivity contribution in [3.63, 3.8) is 0 Å². The van der Waals surface area contributed by atoms with Gasteiger partial charge < -0.3 is 9.88 Å². The van der Waals surface area contributed by atoms with E-state index in [0.29, 0.717) is 0 Å². The zero-order valence-corrected chi connectivity index (χ0v) is 13.0. The summed E-state index contributed by atoms with van der Waals surface area (Å²) in [7, 11) is 2.06. The van der Waals surface area contributed by atoms with Crippen LogP contribution in [0.5, 0.6) is 0 Å². The van der Waals surface area contributed by atoms with Crippen molar-refractivity contribution in [2.75, 3.05) is 0 Å². The monoisotopic (exact) mass is 335 g/mol. The van der Waals surface area contributed by atoms with E-state index in [4.69, 9.17) is 0 Å². The maximum absolute atomic E-state index is 4.65. The van der Waals surface area contributed by atoms with Crippen LogP contribution in [0, 0.1) is 0 Å². The molecule has 0 spiro atoms. The maximum Gasteiger partial charge on any atom is 0.123 e. The van der Waals surface area contributed by atoms with E-state index in [0.717, 1.165) is 24.4 Å². The lowest BCUT2D eigenvalue weighted by molar-refractivity contribution is 0.647. The molecule has 3 rings (SSSR count). The van der Waals surface area contributed by atoms with Crippen LogP contribution in [0.3, 0.4) is 0 Å². The average Bonchev–Trinajstić information content (AvgIpc) is 2.96. The van der Waals surface area contributed by atoms with Crippen LogP contribution in [0.4, 0.5) is 0 Å². The third kappa shape index (κ3) is 2.59. The van der Waals surface area contributed by atoms with Gasteiger partial charge in [-0.1, -0.05) is 12.1 Å². The number of hydrogen-bond donors (Lipinski definition) is 1. The van der Waals surface area contributed by atoms with Gasteiger partial charge in [-0.25, -0.2) is 4.98 Å². The number of aryl methyl sites for hydroxylation is 1. The first-order valence-electron chi connectivity index (χ1n) is 6.08. The molecule has 0 bridgehead atoms. The van der Waals surface area contributed by atoms with Gasteiger partial charge in [0.2, 0.25) is 0 Å². The number of benzene rings is 1. The lowest BCUT2D eigenvalue weighted by atomic mass is 10.3. The molecule has 1 aromatic carbocycles. The first-order chi connectivity index (χ1) is 9.25.